The number of fused-ring (bicyclic) bond motifs is 1. The van der Waals surface area contributed by atoms with Crippen LogP contribution in [-0.4, -0.2) is 4.98 Å². The van der Waals surface area contributed by atoms with Crippen LogP contribution in [0.25, 0.3) is 10.9 Å². The highest BCUT2D eigenvalue weighted by Crippen LogP contribution is 2.22. The van der Waals surface area contributed by atoms with Crippen LogP contribution in [0.15, 0.2) is 36.5 Å². The Morgan fingerprint density at radius 1 is 1.31 bits per heavy atom. The largest absolute Gasteiger partial charge is 0.256 e. The number of pyridine rings is 1. The van der Waals surface area contributed by atoms with Crippen molar-refractivity contribution in [2.75, 3.05) is 0 Å². The summed E-state index contributed by atoms with van der Waals surface area (Å²) in [6, 6.07) is 10.1. The zero-order valence-electron chi connectivity index (χ0n) is 7.37. The normalized spacial score (nSPS) is 13.1. The van der Waals surface area contributed by atoms with Gasteiger partial charge in [0, 0.05) is 11.6 Å². The summed E-state index contributed by atoms with van der Waals surface area (Å²) < 4.78 is 0. The van der Waals surface area contributed by atoms with Crippen molar-refractivity contribution in [1.82, 2.24) is 4.98 Å². The SMILES string of the molecule is CC(Cl)c1ccc2ncccc2c1. The molecule has 0 aliphatic heterocycles. The van der Waals surface area contributed by atoms with Crippen molar-refractivity contribution >= 4 is 22.5 Å². The van der Waals surface area contributed by atoms with E-state index < -0.39 is 0 Å². The third-order valence-corrected chi connectivity index (χ3v) is 2.34. The zero-order chi connectivity index (χ0) is 9.26. The highest BCUT2D eigenvalue weighted by atomic mass is 35.5. The van der Waals surface area contributed by atoms with Crippen LogP contribution < -0.4 is 0 Å². The van der Waals surface area contributed by atoms with E-state index in [1.807, 2.05) is 31.2 Å². The number of benzene rings is 1. The maximum absolute atomic E-state index is 5.98. The first-order valence-corrected chi connectivity index (χ1v) is 4.70. The van der Waals surface area contributed by atoms with Gasteiger partial charge in [-0.1, -0.05) is 12.1 Å². The molecule has 1 nitrogen and oxygen atoms in total. The number of alkyl halides is 1. The van der Waals surface area contributed by atoms with Gasteiger partial charge in [0.15, 0.2) is 0 Å². The monoisotopic (exact) mass is 191 g/mol. The number of nitrogens with zero attached hydrogens (tertiary/aromatic N) is 1. The van der Waals surface area contributed by atoms with Crippen LogP contribution in [-0.2, 0) is 0 Å². The minimum Gasteiger partial charge on any atom is -0.256 e. The fourth-order valence-corrected chi connectivity index (χ4v) is 1.48. The van der Waals surface area contributed by atoms with E-state index in [4.69, 9.17) is 11.6 Å². The average Bonchev–Trinajstić information content (AvgIpc) is 2.17. The smallest absolute Gasteiger partial charge is 0.0702 e. The minimum atomic E-state index is 0.0598. The van der Waals surface area contributed by atoms with Crippen molar-refractivity contribution in [1.29, 1.82) is 0 Å². The van der Waals surface area contributed by atoms with E-state index in [0.29, 0.717) is 0 Å². The van der Waals surface area contributed by atoms with Gasteiger partial charge in [0.1, 0.15) is 0 Å². The zero-order valence-corrected chi connectivity index (χ0v) is 8.12. The molecule has 0 N–H and O–H groups in total. The number of hydrogen-bond donors (Lipinski definition) is 0. The van der Waals surface area contributed by atoms with Crippen LogP contribution in [0.1, 0.15) is 17.9 Å². The second-order valence-electron chi connectivity index (χ2n) is 3.07. The predicted molar refractivity (Wildman–Crippen MR) is 56.0 cm³/mol. The third kappa shape index (κ3) is 1.65. The summed E-state index contributed by atoms with van der Waals surface area (Å²) in [5.74, 6) is 0. The molecule has 1 aromatic heterocycles. The van der Waals surface area contributed by atoms with Gasteiger partial charge in [-0.2, -0.15) is 0 Å². The van der Waals surface area contributed by atoms with Crippen LogP contribution in [0.5, 0.6) is 0 Å². The molecule has 0 fully saturated rings. The van der Waals surface area contributed by atoms with E-state index in [1.54, 1.807) is 6.20 Å². The van der Waals surface area contributed by atoms with Gasteiger partial charge < -0.3 is 0 Å². The first kappa shape index (κ1) is 8.52. The summed E-state index contributed by atoms with van der Waals surface area (Å²) in [5, 5.41) is 1.21. The van der Waals surface area contributed by atoms with E-state index in [0.717, 1.165) is 16.5 Å². The molecule has 13 heavy (non-hydrogen) atoms. The molecule has 0 saturated carbocycles. The standard InChI is InChI=1S/C11H10ClN/c1-8(12)9-4-5-11-10(7-9)3-2-6-13-11/h2-8H,1H3. The lowest BCUT2D eigenvalue weighted by Gasteiger charge is -2.03. The molecule has 1 heterocycles. The van der Waals surface area contributed by atoms with Gasteiger partial charge >= 0.3 is 0 Å². The Kier molecular flexibility index (Phi) is 2.19. The fourth-order valence-electron chi connectivity index (χ4n) is 1.34. The molecule has 2 aromatic rings. The Hall–Kier alpha value is -1.08. The Morgan fingerprint density at radius 2 is 2.15 bits per heavy atom. The quantitative estimate of drug-likeness (QED) is 0.629. The van der Waals surface area contributed by atoms with Crippen LogP contribution in [0, 0.1) is 0 Å². The summed E-state index contributed by atoms with van der Waals surface area (Å²) in [6.45, 7) is 1.97. The van der Waals surface area contributed by atoms with Crippen molar-refractivity contribution < 1.29 is 0 Å². The van der Waals surface area contributed by atoms with Crippen LogP contribution in [0.4, 0.5) is 0 Å². The molecule has 0 saturated heterocycles. The lowest BCUT2D eigenvalue weighted by Crippen LogP contribution is -1.85. The molecule has 0 aliphatic rings. The highest BCUT2D eigenvalue weighted by molar-refractivity contribution is 6.20. The molecular formula is C11H10ClN. The number of hydrogen-bond acceptors (Lipinski definition) is 1. The molecule has 0 aliphatic carbocycles. The van der Waals surface area contributed by atoms with Crippen LogP contribution in [0.3, 0.4) is 0 Å². The maximum Gasteiger partial charge on any atom is 0.0702 e. The molecule has 2 rings (SSSR count). The van der Waals surface area contributed by atoms with Gasteiger partial charge in [-0.25, -0.2) is 0 Å². The predicted octanol–water partition coefficient (Wildman–Crippen LogP) is 3.53. The third-order valence-electron chi connectivity index (χ3n) is 2.09. The lowest BCUT2D eigenvalue weighted by molar-refractivity contribution is 1.09. The Balaban J connectivity index is 2.62. The first-order valence-electron chi connectivity index (χ1n) is 4.26. The highest BCUT2D eigenvalue weighted by Gasteiger charge is 2.01. The summed E-state index contributed by atoms with van der Waals surface area (Å²) >= 11 is 5.98. The second kappa shape index (κ2) is 3.35. The van der Waals surface area contributed by atoms with Gasteiger partial charge in [-0.05, 0) is 30.7 Å². The van der Waals surface area contributed by atoms with Crippen LogP contribution >= 0.6 is 11.6 Å². The molecule has 1 aromatic carbocycles. The minimum absolute atomic E-state index is 0.0598. The maximum atomic E-state index is 5.98. The van der Waals surface area contributed by atoms with E-state index in [9.17, 15) is 0 Å². The summed E-state index contributed by atoms with van der Waals surface area (Å²) in [6.07, 6.45) is 1.80. The summed E-state index contributed by atoms with van der Waals surface area (Å²) in [5.41, 5.74) is 2.16. The average molecular weight is 192 g/mol. The summed E-state index contributed by atoms with van der Waals surface area (Å²) in [4.78, 5) is 4.24. The summed E-state index contributed by atoms with van der Waals surface area (Å²) in [7, 11) is 0. The van der Waals surface area contributed by atoms with Crippen LogP contribution in [0.2, 0.25) is 0 Å². The van der Waals surface area contributed by atoms with Crippen molar-refractivity contribution in [3.63, 3.8) is 0 Å². The molecule has 1 unspecified atom stereocenters. The molecule has 0 radical (unpaired) electrons. The van der Waals surface area contributed by atoms with E-state index >= 15 is 0 Å². The Labute approximate surface area is 82.4 Å². The molecule has 1 atom stereocenters. The van der Waals surface area contributed by atoms with Gasteiger partial charge in [0.25, 0.3) is 0 Å². The molecule has 66 valence electrons. The number of halogens is 1. The van der Waals surface area contributed by atoms with Crippen molar-refractivity contribution in [3.8, 4) is 0 Å². The topological polar surface area (TPSA) is 12.9 Å². The van der Waals surface area contributed by atoms with Gasteiger partial charge in [0.05, 0.1) is 10.9 Å². The number of rotatable bonds is 1. The number of aromatic nitrogens is 1. The molecule has 2 heteroatoms. The fraction of sp³-hybridized carbons (Fsp3) is 0.182. The molecule has 0 amide bonds. The van der Waals surface area contributed by atoms with Crippen molar-refractivity contribution in [2.45, 2.75) is 12.3 Å². The Bertz CT molecular complexity index is 423. The van der Waals surface area contributed by atoms with E-state index in [2.05, 4.69) is 11.1 Å². The van der Waals surface area contributed by atoms with E-state index in [1.165, 1.54) is 0 Å². The Morgan fingerprint density at radius 3 is 2.92 bits per heavy atom. The first-order chi connectivity index (χ1) is 6.27. The van der Waals surface area contributed by atoms with Gasteiger partial charge in [-0.15, -0.1) is 11.6 Å². The van der Waals surface area contributed by atoms with Crippen molar-refractivity contribution in [3.05, 3.63) is 42.1 Å². The second-order valence-corrected chi connectivity index (χ2v) is 3.73. The molecule has 0 bridgehead atoms. The lowest BCUT2D eigenvalue weighted by atomic mass is 10.1. The van der Waals surface area contributed by atoms with Gasteiger partial charge in [0.2, 0.25) is 0 Å². The van der Waals surface area contributed by atoms with Crippen molar-refractivity contribution in [2.24, 2.45) is 0 Å². The molecular weight excluding hydrogens is 182 g/mol. The molecule has 0 spiro atoms. The van der Waals surface area contributed by atoms with E-state index in [-0.39, 0.29) is 5.38 Å². The van der Waals surface area contributed by atoms with Gasteiger partial charge in [-0.3, -0.25) is 4.98 Å².